The second kappa shape index (κ2) is 5.75. The van der Waals surface area contributed by atoms with Gasteiger partial charge in [-0.1, -0.05) is 6.42 Å². The van der Waals surface area contributed by atoms with Crippen LogP contribution in [0.4, 0.5) is 0 Å². The number of nitrogens with zero attached hydrogens (tertiary/aromatic N) is 3. The molecule has 0 bridgehead atoms. The average Bonchev–Trinajstić information content (AvgIpc) is 3.04. The number of hydrogen-bond acceptors (Lipinski definition) is 4. The van der Waals surface area contributed by atoms with Gasteiger partial charge >= 0.3 is 0 Å². The highest BCUT2D eigenvalue weighted by molar-refractivity contribution is 7.08. The number of hydrogen-bond donors (Lipinski definition) is 1. The number of amides is 1. The number of fused-ring (bicyclic) bond motifs is 1. The summed E-state index contributed by atoms with van der Waals surface area (Å²) in [6.07, 6.45) is 4.55. The molecular weight excluding hydrogens is 272 g/mol. The van der Waals surface area contributed by atoms with Gasteiger partial charge < -0.3 is 9.88 Å². The molecule has 0 unspecified atom stereocenters. The summed E-state index contributed by atoms with van der Waals surface area (Å²) in [5.74, 6) is 1.87. The van der Waals surface area contributed by atoms with Crippen molar-refractivity contribution in [3.05, 3.63) is 34.0 Å². The molecule has 3 rings (SSSR count). The lowest BCUT2D eigenvalue weighted by Gasteiger charge is -2.14. The Morgan fingerprint density at radius 2 is 2.30 bits per heavy atom. The lowest BCUT2D eigenvalue weighted by molar-refractivity contribution is 0.0938. The second-order valence-corrected chi connectivity index (χ2v) is 5.92. The number of thiophene rings is 1. The Hall–Kier alpha value is -1.69. The quantitative estimate of drug-likeness (QED) is 0.945. The van der Waals surface area contributed by atoms with Gasteiger partial charge in [-0.05, 0) is 31.2 Å². The van der Waals surface area contributed by atoms with Crippen LogP contribution in [0.15, 0.2) is 16.8 Å². The summed E-state index contributed by atoms with van der Waals surface area (Å²) in [6.45, 7) is 2.92. The summed E-state index contributed by atoms with van der Waals surface area (Å²) in [6, 6.07) is 1.71. The van der Waals surface area contributed by atoms with Gasteiger partial charge in [0.25, 0.3) is 5.91 Å². The zero-order valence-electron chi connectivity index (χ0n) is 11.5. The fourth-order valence-corrected chi connectivity index (χ4v) is 3.20. The molecule has 6 heteroatoms. The van der Waals surface area contributed by atoms with E-state index in [-0.39, 0.29) is 11.9 Å². The summed E-state index contributed by atoms with van der Waals surface area (Å²) in [5, 5.41) is 15.3. The highest BCUT2D eigenvalue weighted by Gasteiger charge is 2.20. The van der Waals surface area contributed by atoms with Crippen LogP contribution in [-0.2, 0) is 13.0 Å². The van der Waals surface area contributed by atoms with Crippen LogP contribution in [0, 0.1) is 0 Å². The lowest BCUT2D eigenvalue weighted by atomic mass is 10.2. The fraction of sp³-hybridized carbons (Fsp3) is 0.500. The van der Waals surface area contributed by atoms with Gasteiger partial charge in [0, 0.05) is 18.3 Å². The highest BCUT2D eigenvalue weighted by Crippen LogP contribution is 2.19. The number of carbonyl (C=O) groups is 1. The van der Waals surface area contributed by atoms with Crippen LogP contribution >= 0.6 is 11.3 Å². The number of aromatic nitrogens is 3. The number of aryl methyl sites for hydroxylation is 1. The van der Waals surface area contributed by atoms with E-state index in [0.29, 0.717) is 5.56 Å². The van der Waals surface area contributed by atoms with Crippen molar-refractivity contribution in [2.75, 3.05) is 0 Å². The van der Waals surface area contributed by atoms with Crippen molar-refractivity contribution in [2.45, 2.75) is 45.2 Å². The van der Waals surface area contributed by atoms with Crippen molar-refractivity contribution in [1.82, 2.24) is 20.1 Å². The third-order valence-electron chi connectivity index (χ3n) is 3.66. The Kier molecular flexibility index (Phi) is 3.82. The molecule has 1 aliphatic heterocycles. The highest BCUT2D eigenvalue weighted by atomic mass is 32.1. The van der Waals surface area contributed by atoms with E-state index in [1.54, 1.807) is 0 Å². The number of rotatable bonds is 3. The van der Waals surface area contributed by atoms with Crippen LogP contribution in [0.1, 0.15) is 54.2 Å². The normalized spacial score (nSPS) is 16.2. The topological polar surface area (TPSA) is 59.8 Å². The molecule has 1 amide bonds. The summed E-state index contributed by atoms with van der Waals surface area (Å²) in [4.78, 5) is 12.1. The van der Waals surface area contributed by atoms with E-state index in [0.717, 1.165) is 31.0 Å². The molecule has 0 fully saturated rings. The molecule has 1 aliphatic rings. The second-order valence-electron chi connectivity index (χ2n) is 5.14. The minimum atomic E-state index is -0.123. The Morgan fingerprint density at radius 3 is 3.10 bits per heavy atom. The van der Waals surface area contributed by atoms with Crippen LogP contribution in [0.5, 0.6) is 0 Å². The average molecular weight is 290 g/mol. The van der Waals surface area contributed by atoms with Crippen LogP contribution in [0.25, 0.3) is 0 Å². The summed E-state index contributed by atoms with van der Waals surface area (Å²) < 4.78 is 2.17. The van der Waals surface area contributed by atoms with Gasteiger partial charge in [-0.15, -0.1) is 10.2 Å². The number of carbonyl (C=O) groups excluding carboxylic acids is 1. The van der Waals surface area contributed by atoms with Crippen LogP contribution in [0.3, 0.4) is 0 Å². The molecule has 5 nitrogen and oxygen atoms in total. The summed E-state index contributed by atoms with van der Waals surface area (Å²) in [5.41, 5.74) is 0.706. The van der Waals surface area contributed by atoms with Gasteiger partial charge in [-0.3, -0.25) is 4.79 Å². The molecule has 0 saturated heterocycles. The van der Waals surface area contributed by atoms with Gasteiger partial charge in [-0.25, -0.2) is 0 Å². The Bertz CT molecular complexity index is 590. The molecule has 0 aliphatic carbocycles. The van der Waals surface area contributed by atoms with Crippen molar-refractivity contribution >= 4 is 17.2 Å². The lowest BCUT2D eigenvalue weighted by Crippen LogP contribution is -2.28. The molecule has 2 aromatic heterocycles. The van der Waals surface area contributed by atoms with Crippen molar-refractivity contribution in [2.24, 2.45) is 0 Å². The molecule has 0 aromatic carbocycles. The molecule has 106 valence electrons. The largest absolute Gasteiger partial charge is 0.342 e. The van der Waals surface area contributed by atoms with E-state index in [9.17, 15) is 4.79 Å². The van der Waals surface area contributed by atoms with E-state index in [4.69, 9.17) is 0 Å². The first kappa shape index (κ1) is 13.3. The Morgan fingerprint density at radius 1 is 1.40 bits per heavy atom. The third kappa shape index (κ3) is 2.60. The smallest absolute Gasteiger partial charge is 0.252 e. The molecular formula is C14H18N4OS. The zero-order chi connectivity index (χ0) is 13.9. The van der Waals surface area contributed by atoms with Crippen LogP contribution in [0.2, 0.25) is 0 Å². The maximum atomic E-state index is 12.1. The first-order valence-electron chi connectivity index (χ1n) is 7.01. The Balaban J connectivity index is 1.76. The van der Waals surface area contributed by atoms with Crippen LogP contribution < -0.4 is 5.32 Å². The van der Waals surface area contributed by atoms with Gasteiger partial charge in [-0.2, -0.15) is 11.3 Å². The minimum absolute atomic E-state index is 0.0512. The van der Waals surface area contributed by atoms with E-state index in [2.05, 4.69) is 20.1 Å². The SMILES string of the molecule is C[C@H](NC(=O)c1ccsc1)c1nnc2n1CCCCC2. The maximum absolute atomic E-state index is 12.1. The third-order valence-corrected chi connectivity index (χ3v) is 4.34. The van der Waals surface area contributed by atoms with Gasteiger partial charge in [0.1, 0.15) is 5.82 Å². The van der Waals surface area contributed by atoms with Gasteiger partial charge in [0.2, 0.25) is 0 Å². The first-order valence-corrected chi connectivity index (χ1v) is 7.95. The van der Waals surface area contributed by atoms with Crippen molar-refractivity contribution in [1.29, 1.82) is 0 Å². The van der Waals surface area contributed by atoms with E-state index < -0.39 is 0 Å². The number of nitrogens with one attached hydrogen (secondary N) is 1. The van der Waals surface area contributed by atoms with E-state index >= 15 is 0 Å². The van der Waals surface area contributed by atoms with Gasteiger partial charge in [0.05, 0.1) is 11.6 Å². The molecule has 0 spiro atoms. The van der Waals surface area contributed by atoms with Crippen molar-refractivity contribution in [3.8, 4) is 0 Å². The summed E-state index contributed by atoms with van der Waals surface area (Å²) in [7, 11) is 0. The predicted octanol–water partition coefficient (Wildman–Crippen LogP) is 2.56. The standard InChI is InChI=1S/C14H18N4OS/c1-10(15-14(19)11-6-8-20-9-11)13-17-16-12-5-3-2-4-7-18(12)13/h6,8-10H,2-5,7H2,1H3,(H,15,19)/t10-/m0/s1. The molecule has 2 aromatic rings. The molecule has 20 heavy (non-hydrogen) atoms. The fourth-order valence-electron chi connectivity index (χ4n) is 2.57. The molecule has 0 saturated carbocycles. The minimum Gasteiger partial charge on any atom is -0.342 e. The van der Waals surface area contributed by atoms with E-state index in [1.165, 1.54) is 24.2 Å². The summed E-state index contributed by atoms with van der Waals surface area (Å²) >= 11 is 1.52. The molecule has 0 radical (unpaired) electrons. The predicted molar refractivity (Wildman–Crippen MR) is 77.8 cm³/mol. The maximum Gasteiger partial charge on any atom is 0.252 e. The van der Waals surface area contributed by atoms with E-state index in [1.807, 2.05) is 23.8 Å². The van der Waals surface area contributed by atoms with Gasteiger partial charge in [0.15, 0.2) is 5.82 Å². The monoisotopic (exact) mass is 290 g/mol. The van der Waals surface area contributed by atoms with Crippen LogP contribution in [-0.4, -0.2) is 20.7 Å². The molecule has 1 atom stereocenters. The Labute approximate surface area is 122 Å². The molecule has 1 N–H and O–H groups in total. The molecule has 3 heterocycles. The van der Waals surface area contributed by atoms with Crippen molar-refractivity contribution < 1.29 is 4.79 Å². The first-order chi connectivity index (χ1) is 9.75. The van der Waals surface area contributed by atoms with Crippen molar-refractivity contribution in [3.63, 3.8) is 0 Å². The zero-order valence-corrected chi connectivity index (χ0v) is 12.3.